The molecule has 3 heteroatoms. The van der Waals surface area contributed by atoms with Gasteiger partial charge in [0.05, 0.1) is 5.56 Å². The predicted molar refractivity (Wildman–Crippen MR) is 66.3 cm³/mol. The number of benzene rings is 1. The van der Waals surface area contributed by atoms with E-state index in [1.807, 2.05) is 6.07 Å². The Morgan fingerprint density at radius 3 is 2.82 bits per heavy atom. The van der Waals surface area contributed by atoms with Crippen molar-refractivity contribution in [2.24, 2.45) is 11.8 Å². The zero-order chi connectivity index (χ0) is 11.8. The summed E-state index contributed by atoms with van der Waals surface area (Å²) in [5, 5.41) is 12.5. The zero-order valence-electron chi connectivity index (χ0n) is 9.73. The van der Waals surface area contributed by atoms with E-state index in [2.05, 4.69) is 5.32 Å². The normalized spacial score (nSPS) is 30.5. The second-order valence-electron chi connectivity index (χ2n) is 5.31. The minimum Gasteiger partial charge on any atom is -0.478 e. The highest BCUT2D eigenvalue weighted by molar-refractivity contribution is 5.88. The van der Waals surface area contributed by atoms with Crippen LogP contribution in [0.2, 0.25) is 0 Å². The van der Waals surface area contributed by atoms with Crippen molar-refractivity contribution < 1.29 is 9.90 Å². The van der Waals surface area contributed by atoms with E-state index < -0.39 is 5.97 Å². The van der Waals surface area contributed by atoms with Crippen LogP contribution in [0.1, 0.15) is 36.0 Å². The van der Waals surface area contributed by atoms with E-state index in [1.54, 1.807) is 18.2 Å². The number of anilines is 1. The molecule has 90 valence electrons. The monoisotopic (exact) mass is 231 g/mol. The standard InChI is InChI=1S/C14H17NO2/c16-14(17)11-2-1-3-12(8-11)15-13-7-9-4-5-10(13)6-9/h1-3,8-10,13,15H,4-7H2,(H,16,17). The van der Waals surface area contributed by atoms with Crippen LogP contribution in [0.3, 0.4) is 0 Å². The Kier molecular flexibility index (Phi) is 2.54. The molecule has 2 aliphatic rings. The fourth-order valence-electron chi connectivity index (χ4n) is 3.38. The highest BCUT2D eigenvalue weighted by Gasteiger charge is 2.39. The number of hydrogen-bond acceptors (Lipinski definition) is 2. The molecule has 2 fully saturated rings. The number of rotatable bonds is 3. The molecule has 1 aromatic carbocycles. The van der Waals surface area contributed by atoms with E-state index in [0.717, 1.165) is 17.5 Å². The van der Waals surface area contributed by atoms with Crippen molar-refractivity contribution >= 4 is 11.7 Å². The molecule has 2 N–H and O–H groups in total. The lowest BCUT2D eigenvalue weighted by molar-refractivity contribution is 0.0697. The molecule has 0 saturated heterocycles. The molecule has 2 saturated carbocycles. The molecule has 3 atom stereocenters. The number of carbonyl (C=O) groups is 1. The van der Waals surface area contributed by atoms with Gasteiger partial charge in [-0.05, 0) is 49.3 Å². The van der Waals surface area contributed by atoms with Crippen LogP contribution in [0, 0.1) is 11.8 Å². The molecule has 0 spiro atoms. The van der Waals surface area contributed by atoms with E-state index in [-0.39, 0.29) is 0 Å². The Labute approximate surface area is 101 Å². The molecule has 2 bridgehead atoms. The first-order valence-electron chi connectivity index (χ1n) is 6.32. The number of carboxylic acid groups (broad SMARTS) is 1. The van der Waals surface area contributed by atoms with Crippen molar-refractivity contribution in [3.8, 4) is 0 Å². The van der Waals surface area contributed by atoms with Crippen LogP contribution in [0.25, 0.3) is 0 Å². The van der Waals surface area contributed by atoms with Crippen molar-refractivity contribution in [1.29, 1.82) is 0 Å². The SMILES string of the molecule is O=C(O)c1cccc(NC2CC3CCC2C3)c1. The maximum atomic E-state index is 10.9. The van der Waals surface area contributed by atoms with Crippen LogP contribution < -0.4 is 5.32 Å². The Bertz CT molecular complexity index is 444. The zero-order valence-corrected chi connectivity index (χ0v) is 9.73. The quantitative estimate of drug-likeness (QED) is 0.840. The van der Waals surface area contributed by atoms with E-state index in [4.69, 9.17) is 5.11 Å². The lowest BCUT2D eigenvalue weighted by Crippen LogP contribution is -2.25. The van der Waals surface area contributed by atoms with Crippen LogP contribution in [-0.2, 0) is 0 Å². The van der Waals surface area contributed by atoms with Gasteiger partial charge in [-0.1, -0.05) is 12.5 Å². The smallest absolute Gasteiger partial charge is 0.335 e. The lowest BCUT2D eigenvalue weighted by Gasteiger charge is -2.24. The number of fused-ring (bicyclic) bond motifs is 2. The van der Waals surface area contributed by atoms with Gasteiger partial charge < -0.3 is 10.4 Å². The summed E-state index contributed by atoms with van der Waals surface area (Å²) in [7, 11) is 0. The molecule has 0 amide bonds. The fraction of sp³-hybridized carbons (Fsp3) is 0.500. The van der Waals surface area contributed by atoms with Gasteiger partial charge in [0.1, 0.15) is 0 Å². The molecule has 0 heterocycles. The second-order valence-corrected chi connectivity index (χ2v) is 5.31. The first kappa shape index (κ1) is 10.6. The van der Waals surface area contributed by atoms with Crippen molar-refractivity contribution in [3.63, 3.8) is 0 Å². The van der Waals surface area contributed by atoms with Crippen LogP contribution in [0.15, 0.2) is 24.3 Å². The van der Waals surface area contributed by atoms with Gasteiger partial charge in [0, 0.05) is 11.7 Å². The molecular formula is C14H17NO2. The highest BCUT2D eigenvalue weighted by Crippen LogP contribution is 2.45. The summed E-state index contributed by atoms with van der Waals surface area (Å²) in [5.74, 6) is 0.843. The summed E-state index contributed by atoms with van der Waals surface area (Å²) in [4.78, 5) is 10.9. The molecule has 0 aliphatic heterocycles. The van der Waals surface area contributed by atoms with Crippen molar-refractivity contribution in [1.82, 2.24) is 0 Å². The van der Waals surface area contributed by atoms with Gasteiger partial charge in [0.25, 0.3) is 0 Å². The first-order chi connectivity index (χ1) is 8.22. The third-order valence-corrected chi connectivity index (χ3v) is 4.20. The number of aromatic carboxylic acids is 1. The van der Waals surface area contributed by atoms with Crippen molar-refractivity contribution in [3.05, 3.63) is 29.8 Å². The van der Waals surface area contributed by atoms with Gasteiger partial charge in [0.2, 0.25) is 0 Å². The fourth-order valence-corrected chi connectivity index (χ4v) is 3.38. The van der Waals surface area contributed by atoms with Gasteiger partial charge in [-0.3, -0.25) is 0 Å². The highest BCUT2D eigenvalue weighted by atomic mass is 16.4. The number of carboxylic acids is 1. The Morgan fingerprint density at radius 2 is 2.18 bits per heavy atom. The average Bonchev–Trinajstić information content (AvgIpc) is 2.91. The van der Waals surface area contributed by atoms with Crippen LogP contribution in [-0.4, -0.2) is 17.1 Å². The molecule has 1 aromatic rings. The predicted octanol–water partition coefficient (Wildman–Crippen LogP) is 2.99. The van der Waals surface area contributed by atoms with E-state index >= 15 is 0 Å². The van der Waals surface area contributed by atoms with Gasteiger partial charge in [0.15, 0.2) is 0 Å². The summed E-state index contributed by atoms with van der Waals surface area (Å²) >= 11 is 0. The third-order valence-electron chi connectivity index (χ3n) is 4.20. The summed E-state index contributed by atoms with van der Waals surface area (Å²) in [5.41, 5.74) is 1.31. The summed E-state index contributed by atoms with van der Waals surface area (Å²) in [6, 6.07) is 7.68. The van der Waals surface area contributed by atoms with Crippen LogP contribution in [0.4, 0.5) is 5.69 Å². The number of nitrogens with one attached hydrogen (secondary N) is 1. The van der Waals surface area contributed by atoms with Crippen LogP contribution >= 0.6 is 0 Å². The molecule has 2 aliphatic carbocycles. The van der Waals surface area contributed by atoms with E-state index in [0.29, 0.717) is 11.6 Å². The lowest BCUT2D eigenvalue weighted by atomic mass is 9.95. The summed E-state index contributed by atoms with van der Waals surface area (Å²) in [6.07, 6.45) is 5.33. The largest absolute Gasteiger partial charge is 0.478 e. The molecule has 0 radical (unpaired) electrons. The molecular weight excluding hydrogens is 214 g/mol. The molecule has 3 unspecified atom stereocenters. The first-order valence-corrected chi connectivity index (χ1v) is 6.32. The van der Waals surface area contributed by atoms with Gasteiger partial charge in [-0.25, -0.2) is 4.79 Å². The van der Waals surface area contributed by atoms with Crippen molar-refractivity contribution in [2.45, 2.75) is 31.7 Å². The molecule has 0 aromatic heterocycles. The topological polar surface area (TPSA) is 49.3 Å². The molecule has 17 heavy (non-hydrogen) atoms. The second kappa shape index (κ2) is 4.06. The van der Waals surface area contributed by atoms with E-state index in [1.165, 1.54) is 25.7 Å². The Morgan fingerprint density at radius 1 is 1.29 bits per heavy atom. The minimum absolute atomic E-state index is 0.359. The Hall–Kier alpha value is -1.51. The average molecular weight is 231 g/mol. The molecule has 3 rings (SSSR count). The maximum Gasteiger partial charge on any atom is 0.335 e. The minimum atomic E-state index is -0.860. The maximum absolute atomic E-state index is 10.9. The van der Waals surface area contributed by atoms with Crippen LogP contribution in [0.5, 0.6) is 0 Å². The van der Waals surface area contributed by atoms with E-state index in [9.17, 15) is 4.79 Å². The number of hydrogen-bond donors (Lipinski definition) is 2. The summed E-state index contributed by atoms with van der Waals surface area (Å²) in [6.45, 7) is 0. The third kappa shape index (κ3) is 2.02. The Balaban J connectivity index is 1.73. The molecule has 3 nitrogen and oxygen atoms in total. The van der Waals surface area contributed by atoms with Gasteiger partial charge in [-0.2, -0.15) is 0 Å². The summed E-state index contributed by atoms with van der Waals surface area (Å²) < 4.78 is 0. The van der Waals surface area contributed by atoms with Crippen molar-refractivity contribution in [2.75, 3.05) is 5.32 Å². The van der Waals surface area contributed by atoms with Gasteiger partial charge in [-0.15, -0.1) is 0 Å². The van der Waals surface area contributed by atoms with Gasteiger partial charge >= 0.3 is 5.97 Å².